The van der Waals surface area contributed by atoms with Crippen LogP contribution >= 0.6 is 27.5 Å². The summed E-state index contributed by atoms with van der Waals surface area (Å²) in [6, 6.07) is 16.8. The SMILES string of the molecule is O=C(Nc1ccc(Br)cc1)/C(=C\c1ccco1)NC(=O)c1ccc(Cl)cc1. The quantitative estimate of drug-likeness (QED) is 0.536. The summed E-state index contributed by atoms with van der Waals surface area (Å²) in [4.78, 5) is 25.2. The van der Waals surface area contributed by atoms with Crippen molar-refractivity contribution in [2.24, 2.45) is 0 Å². The molecule has 136 valence electrons. The van der Waals surface area contributed by atoms with Crippen molar-refractivity contribution < 1.29 is 14.0 Å². The van der Waals surface area contributed by atoms with E-state index in [1.807, 2.05) is 0 Å². The van der Waals surface area contributed by atoms with Crippen molar-refractivity contribution >= 4 is 51.1 Å². The van der Waals surface area contributed by atoms with Gasteiger partial charge in [0.1, 0.15) is 11.5 Å². The van der Waals surface area contributed by atoms with Crippen molar-refractivity contribution in [2.45, 2.75) is 0 Å². The fourth-order valence-corrected chi connectivity index (χ4v) is 2.59. The van der Waals surface area contributed by atoms with Gasteiger partial charge >= 0.3 is 0 Å². The first-order valence-corrected chi connectivity index (χ1v) is 9.07. The third-order valence-corrected chi connectivity index (χ3v) is 4.31. The Morgan fingerprint density at radius 1 is 1.00 bits per heavy atom. The van der Waals surface area contributed by atoms with Crippen LogP contribution < -0.4 is 10.6 Å². The molecule has 0 fully saturated rings. The number of carbonyl (C=O) groups excluding carboxylic acids is 2. The van der Waals surface area contributed by atoms with E-state index >= 15 is 0 Å². The van der Waals surface area contributed by atoms with E-state index in [9.17, 15) is 9.59 Å². The molecule has 27 heavy (non-hydrogen) atoms. The Hall–Kier alpha value is -2.83. The minimum Gasteiger partial charge on any atom is -0.465 e. The number of nitrogens with one attached hydrogen (secondary N) is 2. The first-order chi connectivity index (χ1) is 13.0. The summed E-state index contributed by atoms with van der Waals surface area (Å²) in [6.45, 7) is 0. The molecule has 7 heteroatoms. The normalized spacial score (nSPS) is 11.1. The molecule has 0 radical (unpaired) electrons. The Labute approximate surface area is 169 Å². The van der Waals surface area contributed by atoms with E-state index in [2.05, 4.69) is 26.6 Å². The number of carbonyl (C=O) groups is 2. The number of furan rings is 1. The zero-order valence-corrected chi connectivity index (χ0v) is 16.3. The highest BCUT2D eigenvalue weighted by atomic mass is 79.9. The number of halogens is 2. The highest BCUT2D eigenvalue weighted by Gasteiger charge is 2.15. The zero-order chi connectivity index (χ0) is 19.2. The average Bonchev–Trinajstić information content (AvgIpc) is 3.16. The molecular weight excluding hydrogens is 432 g/mol. The van der Waals surface area contributed by atoms with E-state index in [4.69, 9.17) is 16.0 Å². The second kappa shape index (κ2) is 8.70. The lowest BCUT2D eigenvalue weighted by molar-refractivity contribution is -0.113. The van der Waals surface area contributed by atoms with Crippen LogP contribution in [0.15, 0.2) is 81.5 Å². The maximum atomic E-state index is 12.7. The molecule has 1 aromatic heterocycles. The van der Waals surface area contributed by atoms with Gasteiger partial charge in [-0.15, -0.1) is 0 Å². The number of benzene rings is 2. The summed E-state index contributed by atoms with van der Waals surface area (Å²) in [5.41, 5.74) is 1.02. The van der Waals surface area contributed by atoms with Gasteiger partial charge in [-0.3, -0.25) is 9.59 Å². The van der Waals surface area contributed by atoms with Crippen molar-refractivity contribution in [2.75, 3.05) is 5.32 Å². The van der Waals surface area contributed by atoms with Crippen molar-refractivity contribution in [3.63, 3.8) is 0 Å². The van der Waals surface area contributed by atoms with Crippen LogP contribution in [0.5, 0.6) is 0 Å². The summed E-state index contributed by atoms with van der Waals surface area (Å²) in [6.07, 6.45) is 2.94. The second-order valence-electron chi connectivity index (χ2n) is 5.50. The van der Waals surface area contributed by atoms with Crippen LogP contribution in [-0.2, 0) is 4.79 Å². The Bertz CT molecular complexity index is 965. The van der Waals surface area contributed by atoms with Gasteiger partial charge in [0.25, 0.3) is 11.8 Å². The summed E-state index contributed by atoms with van der Waals surface area (Å²) in [7, 11) is 0. The Balaban J connectivity index is 1.82. The molecule has 0 unspecified atom stereocenters. The average molecular weight is 446 g/mol. The predicted molar refractivity (Wildman–Crippen MR) is 108 cm³/mol. The predicted octanol–water partition coefficient (Wildman–Crippen LogP) is 5.11. The van der Waals surface area contributed by atoms with Gasteiger partial charge in [0.05, 0.1) is 6.26 Å². The van der Waals surface area contributed by atoms with E-state index in [0.29, 0.717) is 22.0 Å². The molecule has 5 nitrogen and oxygen atoms in total. The van der Waals surface area contributed by atoms with E-state index < -0.39 is 11.8 Å². The standard InChI is InChI=1S/C20H14BrClN2O3/c21-14-5-9-16(10-6-14)23-20(26)18(12-17-2-1-11-27-17)24-19(25)13-3-7-15(22)8-4-13/h1-12H,(H,23,26)(H,24,25)/b18-12+. The van der Waals surface area contributed by atoms with Crippen LogP contribution in [0.4, 0.5) is 5.69 Å². The van der Waals surface area contributed by atoms with Gasteiger partial charge in [-0.05, 0) is 60.7 Å². The lowest BCUT2D eigenvalue weighted by atomic mass is 10.2. The van der Waals surface area contributed by atoms with Gasteiger partial charge in [0.2, 0.25) is 0 Å². The molecular formula is C20H14BrClN2O3. The van der Waals surface area contributed by atoms with Gasteiger partial charge < -0.3 is 15.1 Å². The number of hydrogen-bond donors (Lipinski definition) is 2. The molecule has 0 saturated heterocycles. The molecule has 1 heterocycles. The molecule has 0 aliphatic rings. The van der Waals surface area contributed by atoms with Crippen LogP contribution in [0.1, 0.15) is 16.1 Å². The van der Waals surface area contributed by atoms with Gasteiger partial charge in [0.15, 0.2) is 0 Å². The van der Waals surface area contributed by atoms with Crippen molar-refractivity contribution in [3.05, 3.63) is 93.4 Å². The fourth-order valence-electron chi connectivity index (χ4n) is 2.20. The maximum absolute atomic E-state index is 12.7. The topological polar surface area (TPSA) is 71.3 Å². The van der Waals surface area contributed by atoms with Gasteiger partial charge in [0, 0.05) is 26.8 Å². The largest absolute Gasteiger partial charge is 0.465 e. The summed E-state index contributed by atoms with van der Waals surface area (Å²) in [5, 5.41) is 5.88. The highest BCUT2D eigenvalue weighted by Crippen LogP contribution is 2.16. The lowest BCUT2D eigenvalue weighted by Gasteiger charge is -2.11. The monoisotopic (exact) mass is 444 g/mol. The Morgan fingerprint density at radius 2 is 1.70 bits per heavy atom. The maximum Gasteiger partial charge on any atom is 0.272 e. The minimum atomic E-state index is -0.476. The van der Waals surface area contributed by atoms with Gasteiger partial charge in [-0.2, -0.15) is 0 Å². The number of hydrogen-bond acceptors (Lipinski definition) is 3. The van der Waals surface area contributed by atoms with Crippen molar-refractivity contribution in [1.29, 1.82) is 0 Å². The number of anilines is 1. The molecule has 2 amide bonds. The number of rotatable bonds is 5. The molecule has 0 aliphatic carbocycles. The third-order valence-electron chi connectivity index (χ3n) is 3.53. The van der Waals surface area contributed by atoms with Gasteiger partial charge in [-0.1, -0.05) is 27.5 Å². The highest BCUT2D eigenvalue weighted by molar-refractivity contribution is 9.10. The van der Waals surface area contributed by atoms with Crippen LogP contribution in [-0.4, -0.2) is 11.8 Å². The van der Waals surface area contributed by atoms with Crippen LogP contribution in [0.3, 0.4) is 0 Å². The van der Waals surface area contributed by atoms with E-state index in [-0.39, 0.29) is 5.70 Å². The summed E-state index contributed by atoms with van der Waals surface area (Å²) < 4.78 is 6.14. The molecule has 3 rings (SSSR count). The smallest absolute Gasteiger partial charge is 0.272 e. The van der Waals surface area contributed by atoms with Crippen molar-refractivity contribution in [3.8, 4) is 0 Å². The molecule has 0 spiro atoms. The fraction of sp³-hybridized carbons (Fsp3) is 0. The molecule has 0 saturated carbocycles. The lowest BCUT2D eigenvalue weighted by Crippen LogP contribution is -2.30. The molecule has 0 bridgehead atoms. The zero-order valence-electron chi connectivity index (χ0n) is 13.9. The van der Waals surface area contributed by atoms with E-state index in [1.54, 1.807) is 60.7 Å². The first-order valence-electron chi connectivity index (χ1n) is 7.90. The third kappa shape index (κ3) is 5.32. The van der Waals surface area contributed by atoms with Crippen LogP contribution in [0.25, 0.3) is 6.08 Å². The molecule has 0 aliphatic heterocycles. The number of amides is 2. The molecule has 2 N–H and O–H groups in total. The van der Waals surface area contributed by atoms with Crippen LogP contribution in [0.2, 0.25) is 5.02 Å². The molecule has 0 atom stereocenters. The summed E-state index contributed by atoms with van der Waals surface area (Å²) in [5.74, 6) is -0.473. The summed E-state index contributed by atoms with van der Waals surface area (Å²) >= 11 is 9.19. The second-order valence-corrected chi connectivity index (χ2v) is 6.85. The Morgan fingerprint density at radius 3 is 2.33 bits per heavy atom. The Kier molecular flexibility index (Phi) is 6.11. The first kappa shape index (κ1) is 18.9. The van der Waals surface area contributed by atoms with E-state index in [0.717, 1.165) is 4.47 Å². The minimum absolute atomic E-state index is 0.0489. The van der Waals surface area contributed by atoms with Crippen molar-refractivity contribution in [1.82, 2.24) is 5.32 Å². The van der Waals surface area contributed by atoms with Crippen LogP contribution in [0, 0.1) is 0 Å². The van der Waals surface area contributed by atoms with Gasteiger partial charge in [-0.25, -0.2) is 0 Å². The van der Waals surface area contributed by atoms with E-state index in [1.165, 1.54) is 12.3 Å². The molecule has 2 aromatic carbocycles. The molecule has 3 aromatic rings.